The molecule has 4 nitrogen and oxygen atoms in total. The van der Waals surface area contributed by atoms with Gasteiger partial charge in [0.05, 0.1) is 5.69 Å². The molecule has 5 heteroatoms. The number of nitrogens with zero attached hydrogens (tertiary/aromatic N) is 2. The lowest BCUT2D eigenvalue weighted by Crippen LogP contribution is -2.22. The zero-order chi connectivity index (χ0) is 17.6. The molecule has 126 valence electrons. The minimum absolute atomic E-state index is 0.0536. The van der Waals surface area contributed by atoms with E-state index in [-0.39, 0.29) is 5.56 Å². The smallest absolute Gasteiger partial charge is 0.283 e. The number of nitrogens with one attached hydrogen (secondary N) is 1. The Morgan fingerprint density at radius 2 is 1.84 bits per heavy atom. The first kappa shape index (κ1) is 16.0. The predicted octanol–water partition coefficient (Wildman–Crippen LogP) is 4.60. The number of aromatic amines is 1. The number of thioether (sulfide) groups is 1. The molecule has 0 aliphatic heterocycles. The van der Waals surface area contributed by atoms with E-state index < -0.39 is 0 Å². The molecule has 0 aliphatic rings. The van der Waals surface area contributed by atoms with Crippen molar-refractivity contribution in [3.8, 4) is 5.69 Å². The number of aryl methyl sites for hydroxylation is 2. The van der Waals surface area contributed by atoms with Gasteiger partial charge in [-0.1, -0.05) is 43.0 Å². The van der Waals surface area contributed by atoms with E-state index in [2.05, 4.69) is 18.0 Å². The summed E-state index contributed by atoms with van der Waals surface area (Å²) in [7, 11) is 0. The molecule has 2 aromatic carbocycles. The molecule has 0 saturated carbocycles. The molecular formula is C20H19N3OS. The molecule has 0 amide bonds. The zero-order valence-electron chi connectivity index (χ0n) is 14.5. The molecule has 4 aromatic rings. The van der Waals surface area contributed by atoms with Gasteiger partial charge in [0, 0.05) is 10.9 Å². The maximum Gasteiger partial charge on any atom is 0.283 e. The van der Waals surface area contributed by atoms with Gasteiger partial charge >= 0.3 is 0 Å². The van der Waals surface area contributed by atoms with Gasteiger partial charge in [0.25, 0.3) is 5.56 Å². The summed E-state index contributed by atoms with van der Waals surface area (Å²) in [5.74, 6) is 0.852. The fraction of sp³-hybridized carbons (Fsp3) is 0.200. The van der Waals surface area contributed by atoms with E-state index >= 15 is 0 Å². The minimum Gasteiger partial charge on any atom is -0.349 e. The van der Waals surface area contributed by atoms with Gasteiger partial charge in [-0.25, -0.2) is 4.98 Å². The van der Waals surface area contributed by atoms with Gasteiger partial charge in [-0.15, -0.1) is 0 Å². The van der Waals surface area contributed by atoms with Crippen LogP contribution >= 0.6 is 11.8 Å². The second-order valence-electron chi connectivity index (χ2n) is 6.21. The SMILES string of the molecule is CCSc1nc2c([nH]c3ccccc32)c(=O)n1-c1cc(C)cc(C)c1. The number of aromatic nitrogens is 3. The van der Waals surface area contributed by atoms with Gasteiger partial charge in [-0.05, 0) is 48.9 Å². The molecule has 0 aliphatic carbocycles. The molecule has 2 heterocycles. The summed E-state index contributed by atoms with van der Waals surface area (Å²) in [6.07, 6.45) is 0. The lowest BCUT2D eigenvalue weighted by molar-refractivity contribution is 0.817. The Morgan fingerprint density at radius 3 is 2.56 bits per heavy atom. The van der Waals surface area contributed by atoms with Crippen LogP contribution in [0.25, 0.3) is 27.6 Å². The number of benzene rings is 2. The Hall–Kier alpha value is -2.53. The molecule has 0 saturated heterocycles. The summed E-state index contributed by atoms with van der Waals surface area (Å²) in [5.41, 5.74) is 5.32. The van der Waals surface area contributed by atoms with E-state index in [4.69, 9.17) is 4.98 Å². The van der Waals surface area contributed by atoms with Crippen LogP contribution in [0.3, 0.4) is 0 Å². The topological polar surface area (TPSA) is 50.7 Å². The van der Waals surface area contributed by atoms with Crippen molar-refractivity contribution in [2.75, 3.05) is 5.75 Å². The fourth-order valence-electron chi connectivity index (χ4n) is 3.28. The van der Waals surface area contributed by atoms with E-state index in [1.807, 2.05) is 50.2 Å². The highest BCUT2D eigenvalue weighted by atomic mass is 32.2. The van der Waals surface area contributed by atoms with Crippen LogP contribution in [-0.4, -0.2) is 20.3 Å². The van der Waals surface area contributed by atoms with Crippen LogP contribution in [0.4, 0.5) is 0 Å². The maximum absolute atomic E-state index is 13.3. The van der Waals surface area contributed by atoms with Crippen molar-refractivity contribution in [2.24, 2.45) is 0 Å². The first-order valence-electron chi connectivity index (χ1n) is 8.33. The lowest BCUT2D eigenvalue weighted by atomic mass is 10.1. The second kappa shape index (κ2) is 6.08. The van der Waals surface area contributed by atoms with Gasteiger partial charge in [0.15, 0.2) is 5.16 Å². The first-order chi connectivity index (χ1) is 12.1. The van der Waals surface area contributed by atoms with Crippen molar-refractivity contribution < 1.29 is 0 Å². The average Bonchev–Trinajstić information content (AvgIpc) is 2.94. The largest absolute Gasteiger partial charge is 0.349 e. The third-order valence-electron chi connectivity index (χ3n) is 4.23. The van der Waals surface area contributed by atoms with Gasteiger partial charge in [-0.2, -0.15) is 0 Å². The zero-order valence-corrected chi connectivity index (χ0v) is 15.3. The minimum atomic E-state index is -0.0536. The van der Waals surface area contributed by atoms with Crippen LogP contribution in [0.1, 0.15) is 18.1 Å². The van der Waals surface area contributed by atoms with Crippen molar-refractivity contribution in [2.45, 2.75) is 25.9 Å². The van der Waals surface area contributed by atoms with Gasteiger partial charge in [0.2, 0.25) is 0 Å². The van der Waals surface area contributed by atoms with Crippen LogP contribution in [0.5, 0.6) is 0 Å². The monoisotopic (exact) mass is 349 g/mol. The molecule has 4 rings (SSSR count). The van der Waals surface area contributed by atoms with Crippen LogP contribution in [0.15, 0.2) is 52.4 Å². The molecule has 0 unspecified atom stereocenters. The number of hydrogen-bond acceptors (Lipinski definition) is 3. The first-order valence-corrected chi connectivity index (χ1v) is 9.32. The third kappa shape index (κ3) is 2.65. The standard InChI is InChI=1S/C20H19N3OS/c1-4-25-20-22-17-15-7-5-6-8-16(15)21-18(17)19(24)23(20)14-10-12(2)9-13(3)11-14/h5-11,21H,4H2,1-3H3. The van der Waals surface area contributed by atoms with Crippen molar-refractivity contribution in [3.05, 3.63) is 63.9 Å². The van der Waals surface area contributed by atoms with Gasteiger partial charge in [-0.3, -0.25) is 9.36 Å². The molecule has 0 radical (unpaired) electrons. The Labute approximate surface area is 149 Å². The van der Waals surface area contributed by atoms with E-state index in [1.54, 1.807) is 16.3 Å². The Kier molecular flexibility index (Phi) is 3.88. The number of para-hydroxylation sites is 1. The van der Waals surface area contributed by atoms with E-state index in [0.717, 1.165) is 44.1 Å². The van der Waals surface area contributed by atoms with Crippen molar-refractivity contribution in [3.63, 3.8) is 0 Å². The third-order valence-corrected chi connectivity index (χ3v) is 5.05. The molecule has 0 spiro atoms. The van der Waals surface area contributed by atoms with Crippen LogP contribution < -0.4 is 5.56 Å². The van der Waals surface area contributed by atoms with Crippen LogP contribution in [0.2, 0.25) is 0 Å². The summed E-state index contributed by atoms with van der Waals surface area (Å²) in [6, 6.07) is 14.1. The summed E-state index contributed by atoms with van der Waals surface area (Å²) in [4.78, 5) is 21.4. The lowest BCUT2D eigenvalue weighted by Gasteiger charge is -2.13. The van der Waals surface area contributed by atoms with Crippen molar-refractivity contribution in [1.82, 2.24) is 14.5 Å². The normalized spacial score (nSPS) is 11.5. The molecule has 1 N–H and O–H groups in total. The summed E-state index contributed by atoms with van der Waals surface area (Å²) in [6.45, 7) is 6.16. The van der Waals surface area contributed by atoms with E-state index in [0.29, 0.717) is 5.52 Å². The number of hydrogen-bond donors (Lipinski definition) is 1. The highest BCUT2D eigenvalue weighted by Gasteiger charge is 2.17. The van der Waals surface area contributed by atoms with E-state index in [9.17, 15) is 4.79 Å². The predicted molar refractivity (Wildman–Crippen MR) is 105 cm³/mol. The van der Waals surface area contributed by atoms with Crippen molar-refractivity contribution in [1.29, 1.82) is 0 Å². The average molecular weight is 349 g/mol. The highest BCUT2D eigenvalue weighted by Crippen LogP contribution is 2.26. The molecular weight excluding hydrogens is 330 g/mol. The molecule has 25 heavy (non-hydrogen) atoms. The fourth-order valence-corrected chi connectivity index (χ4v) is 4.01. The Bertz CT molecular complexity index is 1140. The maximum atomic E-state index is 13.3. The summed E-state index contributed by atoms with van der Waals surface area (Å²) in [5, 5.41) is 1.72. The Balaban J connectivity index is 2.12. The van der Waals surface area contributed by atoms with Crippen LogP contribution in [-0.2, 0) is 0 Å². The van der Waals surface area contributed by atoms with Crippen molar-refractivity contribution >= 4 is 33.7 Å². The molecule has 0 fully saturated rings. The molecule has 0 atom stereocenters. The molecule has 0 bridgehead atoms. The number of H-pyrrole nitrogens is 1. The summed E-state index contributed by atoms with van der Waals surface area (Å²) >= 11 is 1.59. The summed E-state index contributed by atoms with van der Waals surface area (Å²) < 4.78 is 1.73. The Morgan fingerprint density at radius 1 is 1.12 bits per heavy atom. The molecule has 2 aromatic heterocycles. The van der Waals surface area contributed by atoms with Gasteiger partial charge < -0.3 is 4.98 Å². The number of rotatable bonds is 3. The highest BCUT2D eigenvalue weighted by molar-refractivity contribution is 7.99. The van der Waals surface area contributed by atoms with E-state index in [1.165, 1.54) is 0 Å². The second-order valence-corrected chi connectivity index (χ2v) is 7.44. The quantitative estimate of drug-likeness (QED) is 0.434. The van der Waals surface area contributed by atoms with Gasteiger partial charge in [0.1, 0.15) is 11.0 Å². The van der Waals surface area contributed by atoms with Crippen LogP contribution in [0, 0.1) is 13.8 Å². The number of fused-ring (bicyclic) bond motifs is 3.